The fourth-order valence-corrected chi connectivity index (χ4v) is 4.23. The van der Waals surface area contributed by atoms with Gasteiger partial charge in [-0.25, -0.2) is 0 Å². The van der Waals surface area contributed by atoms with Gasteiger partial charge in [0.1, 0.15) is 11.8 Å². The van der Waals surface area contributed by atoms with Gasteiger partial charge in [0, 0.05) is 11.8 Å². The van der Waals surface area contributed by atoms with Gasteiger partial charge in [0.05, 0.1) is 24.2 Å². The molecule has 30 heavy (non-hydrogen) atoms. The minimum atomic E-state index is -0.242. The van der Waals surface area contributed by atoms with Crippen molar-refractivity contribution in [3.8, 4) is 11.4 Å². The molecule has 0 radical (unpaired) electrons. The van der Waals surface area contributed by atoms with E-state index in [0.717, 1.165) is 33.9 Å². The Morgan fingerprint density at radius 2 is 1.63 bits per heavy atom. The lowest BCUT2D eigenvalue weighted by molar-refractivity contribution is 0.0978. The van der Waals surface area contributed by atoms with E-state index in [-0.39, 0.29) is 11.9 Å². The first-order valence-corrected chi connectivity index (χ1v) is 9.98. The van der Waals surface area contributed by atoms with Gasteiger partial charge in [0.2, 0.25) is 0 Å². The Bertz CT molecular complexity index is 1220. The first-order valence-electron chi connectivity index (χ1n) is 9.98. The van der Waals surface area contributed by atoms with E-state index < -0.39 is 0 Å². The van der Waals surface area contributed by atoms with Crippen molar-refractivity contribution >= 4 is 11.6 Å². The average Bonchev–Trinajstić information content (AvgIpc) is 3.28. The number of fused-ring (bicyclic) bond motifs is 3. The average molecular weight is 394 g/mol. The van der Waals surface area contributed by atoms with Gasteiger partial charge in [0.15, 0.2) is 0 Å². The van der Waals surface area contributed by atoms with E-state index in [1.54, 1.807) is 7.11 Å². The maximum Gasteiger partial charge on any atom is 0.259 e. The van der Waals surface area contributed by atoms with Crippen LogP contribution in [0.3, 0.4) is 0 Å². The predicted octanol–water partition coefficient (Wildman–Crippen LogP) is 5.54. The normalized spacial score (nSPS) is 14.7. The lowest BCUT2D eigenvalue weighted by atomic mass is 9.96. The molecule has 0 bridgehead atoms. The summed E-state index contributed by atoms with van der Waals surface area (Å²) in [4.78, 5) is 15.8. The molecular weight excluding hydrogens is 372 g/mol. The number of anilines is 1. The summed E-state index contributed by atoms with van der Waals surface area (Å²) >= 11 is 0. The Kier molecular flexibility index (Phi) is 4.40. The summed E-state index contributed by atoms with van der Waals surface area (Å²) in [5.74, 6) is 0.779. The SMILES string of the molecule is COc1ccc(C2c3cccn3-c3ccccc3N2C(=O)c2cccc(C)c2)cc1. The fraction of sp³-hybridized carbons (Fsp3) is 0.115. The number of amides is 1. The largest absolute Gasteiger partial charge is 0.497 e. The van der Waals surface area contributed by atoms with Crippen molar-refractivity contribution in [2.75, 3.05) is 12.0 Å². The highest BCUT2D eigenvalue weighted by molar-refractivity contribution is 6.08. The summed E-state index contributed by atoms with van der Waals surface area (Å²) in [5.41, 5.74) is 5.74. The number of para-hydroxylation sites is 2. The molecule has 2 heterocycles. The molecule has 1 unspecified atom stereocenters. The summed E-state index contributed by atoms with van der Waals surface area (Å²) < 4.78 is 7.51. The van der Waals surface area contributed by atoms with Gasteiger partial charge in [-0.1, -0.05) is 42.0 Å². The second-order valence-electron chi connectivity index (χ2n) is 7.51. The molecule has 1 aromatic heterocycles. The summed E-state index contributed by atoms with van der Waals surface area (Å²) in [7, 11) is 1.66. The van der Waals surface area contributed by atoms with Crippen molar-refractivity contribution in [2.45, 2.75) is 13.0 Å². The molecule has 0 fully saturated rings. The molecular formula is C26H22N2O2. The molecule has 0 spiro atoms. The smallest absolute Gasteiger partial charge is 0.259 e. The number of ether oxygens (including phenoxy) is 1. The van der Waals surface area contributed by atoms with E-state index in [1.165, 1.54) is 0 Å². The molecule has 0 saturated carbocycles. The Labute approximate surface area is 176 Å². The number of methoxy groups -OCH3 is 1. The van der Waals surface area contributed by atoms with Crippen molar-refractivity contribution < 1.29 is 9.53 Å². The second-order valence-corrected chi connectivity index (χ2v) is 7.51. The van der Waals surface area contributed by atoms with Crippen LogP contribution in [-0.4, -0.2) is 17.6 Å². The first-order chi connectivity index (χ1) is 14.7. The van der Waals surface area contributed by atoms with E-state index in [9.17, 15) is 4.79 Å². The molecule has 3 aromatic carbocycles. The molecule has 5 rings (SSSR count). The van der Waals surface area contributed by atoms with Crippen molar-refractivity contribution in [1.82, 2.24) is 4.57 Å². The molecule has 148 valence electrons. The van der Waals surface area contributed by atoms with Crippen molar-refractivity contribution in [3.63, 3.8) is 0 Å². The zero-order valence-electron chi connectivity index (χ0n) is 16.9. The highest BCUT2D eigenvalue weighted by Gasteiger charge is 2.36. The lowest BCUT2D eigenvalue weighted by Crippen LogP contribution is -2.40. The van der Waals surface area contributed by atoms with Crippen LogP contribution in [0, 0.1) is 6.92 Å². The maximum absolute atomic E-state index is 13.8. The highest BCUT2D eigenvalue weighted by atomic mass is 16.5. The van der Waals surface area contributed by atoms with Crippen molar-refractivity contribution in [2.24, 2.45) is 0 Å². The number of nitrogens with zero attached hydrogens (tertiary/aromatic N) is 2. The highest BCUT2D eigenvalue weighted by Crippen LogP contribution is 2.43. The lowest BCUT2D eigenvalue weighted by Gasteiger charge is -2.38. The molecule has 0 N–H and O–H groups in total. The van der Waals surface area contributed by atoms with Crippen LogP contribution in [-0.2, 0) is 0 Å². The van der Waals surface area contributed by atoms with Gasteiger partial charge >= 0.3 is 0 Å². The number of carbonyl (C=O) groups excluding carboxylic acids is 1. The first kappa shape index (κ1) is 18.3. The van der Waals surface area contributed by atoms with E-state index in [4.69, 9.17) is 4.74 Å². The number of aryl methyl sites for hydroxylation is 1. The van der Waals surface area contributed by atoms with Gasteiger partial charge < -0.3 is 9.30 Å². The number of hydrogen-bond donors (Lipinski definition) is 0. The third-order valence-electron chi connectivity index (χ3n) is 5.63. The van der Waals surface area contributed by atoms with Crippen molar-refractivity contribution in [1.29, 1.82) is 0 Å². The molecule has 0 aliphatic carbocycles. The summed E-state index contributed by atoms with van der Waals surface area (Å²) in [6.45, 7) is 2.01. The molecule has 1 atom stereocenters. The van der Waals surface area contributed by atoms with Crippen LogP contribution in [0.15, 0.2) is 91.1 Å². The van der Waals surface area contributed by atoms with Crippen LogP contribution < -0.4 is 9.64 Å². The number of benzene rings is 3. The van der Waals surface area contributed by atoms with Gasteiger partial charge in [-0.3, -0.25) is 9.69 Å². The van der Waals surface area contributed by atoms with Crippen LogP contribution >= 0.6 is 0 Å². The van der Waals surface area contributed by atoms with Crippen LogP contribution in [0.5, 0.6) is 5.75 Å². The van der Waals surface area contributed by atoms with Crippen molar-refractivity contribution in [3.05, 3.63) is 114 Å². The molecule has 4 aromatic rings. The van der Waals surface area contributed by atoms with Gasteiger partial charge in [-0.05, 0) is 61.0 Å². The summed E-state index contributed by atoms with van der Waals surface area (Å²) in [6, 6.07) is 27.7. The fourth-order valence-electron chi connectivity index (χ4n) is 4.23. The summed E-state index contributed by atoms with van der Waals surface area (Å²) in [6.07, 6.45) is 2.05. The van der Waals surface area contributed by atoms with E-state index in [0.29, 0.717) is 5.56 Å². The summed E-state index contributed by atoms with van der Waals surface area (Å²) in [5, 5.41) is 0. The molecule has 0 saturated heterocycles. The van der Waals surface area contributed by atoms with Gasteiger partial charge in [0.25, 0.3) is 5.91 Å². The number of aromatic nitrogens is 1. The van der Waals surface area contributed by atoms with Crippen LogP contribution in [0.1, 0.15) is 33.2 Å². The minimum Gasteiger partial charge on any atom is -0.497 e. The quantitative estimate of drug-likeness (QED) is 0.457. The van der Waals surface area contributed by atoms with Crippen LogP contribution in [0.2, 0.25) is 0 Å². The minimum absolute atomic E-state index is 0.0144. The van der Waals surface area contributed by atoms with E-state index >= 15 is 0 Å². The maximum atomic E-state index is 13.8. The zero-order chi connectivity index (χ0) is 20.7. The standard InChI is InChI=1S/C26H22N2O2/c1-18-7-5-8-20(17-18)26(29)28-23-10-4-3-9-22(23)27-16-6-11-24(27)25(28)19-12-14-21(30-2)15-13-19/h3-17,25H,1-2H3. The number of hydrogen-bond acceptors (Lipinski definition) is 2. The zero-order valence-corrected chi connectivity index (χ0v) is 16.9. The molecule has 1 amide bonds. The predicted molar refractivity (Wildman–Crippen MR) is 119 cm³/mol. The Balaban J connectivity index is 1.72. The number of carbonyl (C=O) groups is 1. The molecule has 4 heteroatoms. The Morgan fingerprint density at radius 1 is 0.867 bits per heavy atom. The molecule has 1 aliphatic rings. The third-order valence-corrected chi connectivity index (χ3v) is 5.63. The van der Waals surface area contributed by atoms with Gasteiger partial charge in [-0.15, -0.1) is 0 Å². The van der Waals surface area contributed by atoms with Gasteiger partial charge in [-0.2, -0.15) is 0 Å². The topological polar surface area (TPSA) is 34.5 Å². The van der Waals surface area contributed by atoms with E-state index in [1.807, 2.05) is 84.6 Å². The molecule has 4 nitrogen and oxygen atoms in total. The third kappa shape index (κ3) is 2.89. The van der Waals surface area contributed by atoms with Crippen LogP contribution in [0.25, 0.3) is 5.69 Å². The Hall–Kier alpha value is -3.79. The Morgan fingerprint density at radius 3 is 2.37 bits per heavy atom. The van der Waals surface area contributed by atoms with E-state index in [2.05, 4.69) is 22.9 Å². The van der Waals surface area contributed by atoms with Crippen LogP contribution in [0.4, 0.5) is 5.69 Å². The number of rotatable bonds is 3. The monoisotopic (exact) mass is 394 g/mol. The second kappa shape index (κ2) is 7.23. The molecule has 1 aliphatic heterocycles.